The van der Waals surface area contributed by atoms with Gasteiger partial charge in [-0.1, -0.05) is 24.3 Å². The maximum Gasteiger partial charge on any atom is 0.319 e. The Morgan fingerprint density at radius 1 is 1.13 bits per heavy atom. The van der Waals surface area contributed by atoms with Gasteiger partial charge in [-0.2, -0.15) is 4.31 Å². The summed E-state index contributed by atoms with van der Waals surface area (Å²) in [7, 11) is -1.85. The normalized spacial score (nSPS) is 15.5. The highest BCUT2D eigenvalue weighted by Gasteiger charge is 2.29. The Morgan fingerprint density at radius 3 is 2.50 bits per heavy atom. The first kappa shape index (κ1) is 22.1. The Balaban J connectivity index is 1.43. The molecule has 0 saturated carbocycles. The smallest absolute Gasteiger partial charge is 0.319 e. The highest BCUT2D eigenvalue weighted by molar-refractivity contribution is 7.89. The summed E-state index contributed by atoms with van der Waals surface area (Å²) in [5.74, 6) is 1.00. The van der Waals surface area contributed by atoms with Crippen LogP contribution in [0, 0.1) is 12.8 Å². The van der Waals surface area contributed by atoms with E-state index >= 15 is 0 Å². The lowest BCUT2D eigenvalue weighted by molar-refractivity contribution is 0.245. The number of nitrogens with one attached hydrogen (secondary N) is 2. The van der Waals surface area contributed by atoms with E-state index in [1.165, 1.54) is 0 Å². The van der Waals surface area contributed by atoms with Crippen LogP contribution in [-0.4, -0.2) is 45.5 Å². The van der Waals surface area contributed by atoms with Crippen molar-refractivity contribution >= 4 is 21.7 Å². The third-order valence-electron chi connectivity index (χ3n) is 5.40. The Kier molecular flexibility index (Phi) is 7.33. The number of hydrogen-bond acceptors (Lipinski definition) is 4. The number of carbonyl (C=O) groups excluding carboxylic acids is 1. The molecule has 2 aromatic rings. The van der Waals surface area contributed by atoms with Crippen LogP contribution >= 0.6 is 0 Å². The molecule has 0 atom stereocenters. The van der Waals surface area contributed by atoms with Gasteiger partial charge in [0.15, 0.2) is 0 Å². The molecule has 162 valence electrons. The second-order valence-corrected chi connectivity index (χ2v) is 9.47. The molecule has 0 radical (unpaired) electrons. The van der Waals surface area contributed by atoms with E-state index in [0.29, 0.717) is 41.9 Å². The lowest BCUT2D eigenvalue weighted by Crippen LogP contribution is -2.39. The zero-order chi connectivity index (χ0) is 21.6. The van der Waals surface area contributed by atoms with E-state index in [2.05, 4.69) is 10.6 Å². The van der Waals surface area contributed by atoms with E-state index in [1.807, 2.05) is 31.2 Å². The van der Waals surface area contributed by atoms with Gasteiger partial charge in [-0.15, -0.1) is 0 Å². The molecular weight excluding hydrogens is 402 g/mol. The zero-order valence-corrected chi connectivity index (χ0v) is 18.2. The van der Waals surface area contributed by atoms with Gasteiger partial charge in [0.05, 0.1) is 17.7 Å². The summed E-state index contributed by atoms with van der Waals surface area (Å²) < 4.78 is 32.2. The lowest BCUT2D eigenvalue weighted by atomic mass is 9.95. The summed E-state index contributed by atoms with van der Waals surface area (Å²) in [4.78, 5) is 12.5. The number of piperidine rings is 1. The number of ether oxygens (including phenoxy) is 1. The predicted octanol–water partition coefficient (Wildman–Crippen LogP) is 3.62. The molecule has 1 heterocycles. The van der Waals surface area contributed by atoms with E-state index < -0.39 is 10.0 Å². The number of amides is 2. The van der Waals surface area contributed by atoms with E-state index in [0.717, 1.165) is 24.8 Å². The van der Waals surface area contributed by atoms with Gasteiger partial charge in [-0.05, 0) is 61.9 Å². The van der Waals surface area contributed by atoms with Crippen LogP contribution in [0.5, 0.6) is 5.75 Å². The van der Waals surface area contributed by atoms with Gasteiger partial charge < -0.3 is 15.4 Å². The van der Waals surface area contributed by atoms with Crippen LogP contribution in [0.4, 0.5) is 10.5 Å². The number of sulfonamides is 1. The van der Waals surface area contributed by atoms with Gasteiger partial charge in [0, 0.05) is 19.6 Å². The number of carbonyl (C=O) groups is 1. The van der Waals surface area contributed by atoms with Crippen molar-refractivity contribution in [2.75, 3.05) is 32.1 Å². The van der Waals surface area contributed by atoms with E-state index in [4.69, 9.17) is 4.74 Å². The van der Waals surface area contributed by atoms with Gasteiger partial charge in [-0.3, -0.25) is 0 Å². The fourth-order valence-electron chi connectivity index (χ4n) is 3.66. The van der Waals surface area contributed by atoms with Crippen LogP contribution in [0.25, 0.3) is 0 Å². The monoisotopic (exact) mass is 431 g/mol. The quantitative estimate of drug-likeness (QED) is 0.701. The molecule has 0 unspecified atom stereocenters. The maximum absolute atomic E-state index is 12.7. The highest BCUT2D eigenvalue weighted by atomic mass is 32.2. The number of anilines is 1. The average molecular weight is 432 g/mol. The SMILES string of the molecule is COc1ccc(C)cc1NC(=O)NCCC1CCN(S(=O)(=O)c2ccccc2)CC1. The van der Waals surface area contributed by atoms with Crippen LogP contribution in [0.3, 0.4) is 0 Å². The van der Waals surface area contributed by atoms with Gasteiger partial charge >= 0.3 is 6.03 Å². The average Bonchev–Trinajstić information content (AvgIpc) is 2.75. The fourth-order valence-corrected chi connectivity index (χ4v) is 5.15. The molecule has 0 aliphatic carbocycles. The van der Waals surface area contributed by atoms with Crippen molar-refractivity contribution in [3.05, 3.63) is 54.1 Å². The molecule has 1 saturated heterocycles. The lowest BCUT2D eigenvalue weighted by Gasteiger charge is -2.31. The second-order valence-electron chi connectivity index (χ2n) is 7.53. The van der Waals surface area contributed by atoms with Crippen molar-refractivity contribution in [1.82, 2.24) is 9.62 Å². The van der Waals surface area contributed by atoms with Crippen molar-refractivity contribution in [2.24, 2.45) is 5.92 Å². The molecule has 1 aliphatic rings. The first-order chi connectivity index (χ1) is 14.4. The molecule has 3 rings (SSSR count). The van der Waals surface area contributed by atoms with E-state index in [9.17, 15) is 13.2 Å². The summed E-state index contributed by atoms with van der Waals surface area (Å²) in [5.41, 5.74) is 1.66. The number of hydrogen-bond donors (Lipinski definition) is 2. The first-order valence-corrected chi connectivity index (χ1v) is 11.6. The summed E-state index contributed by atoms with van der Waals surface area (Å²) in [6, 6.07) is 13.9. The zero-order valence-electron chi connectivity index (χ0n) is 17.4. The number of rotatable bonds is 7. The molecule has 2 aromatic carbocycles. The minimum absolute atomic E-state index is 0.275. The summed E-state index contributed by atoms with van der Waals surface area (Å²) >= 11 is 0. The van der Waals surface area contributed by atoms with Gasteiger partial charge in [0.1, 0.15) is 5.75 Å². The Labute approximate surface area is 178 Å². The minimum atomic E-state index is -3.42. The molecular formula is C22H29N3O4S. The van der Waals surface area contributed by atoms with Crippen LogP contribution in [0.15, 0.2) is 53.4 Å². The maximum atomic E-state index is 12.7. The summed E-state index contributed by atoms with van der Waals surface area (Å²) in [6.07, 6.45) is 2.40. The van der Waals surface area contributed by atoms with Crippen LogP contribution in [0.1, 0.15) is 24.8 Å². The number of nitrogens with zero attached hydrogens (tertiary/aromatic N) is 1. The van der Waals surface area contributed by atoms with Crippen molar-refractivity contribution in [2.45, 2.75) is 31.1 Å². The van der Waals surface area contributed by atoms with Gasteiger partial charge in [0.25, 0.3) is 0 Å². The molecule has 8 heteroatoms. The molecule has 7 nitrogen and oxygen atoms in total. The third-order valence-corrected chi connectivity index (χ3v) is 7.31. The largest absolute Gasteiger partial charge is 0.495 e. The molecule has 1 aliphatic heterocycles. The molecule has 0 bridgehead atoms. The second kappa shape index (κ2) is 9.95. The van der Waals surface area contributed by atoms with Crippen molar-refractivity contribution in [1.29, 1.82) is 0 Å². The number of methoxy groups -OCH3 is 1. The number of aryl methyl sites for hydroxylation is 1. The summed E-state index contributed by atoms with van der Waals surface area (Å²) in [6.45, 7) is 3.51. The molecule has 2 N–H and O–H groups in total. The van der Waals surface area contributed by atoms with Crippen molar-refractivity contribution < 1.29 is 17.9 Å². The molecule has 0 spiro atoms. The Bertz CT molecular complexity index is 956. The first-order valence-electron chi connectivity index (χ1n) is 10.1. The molecule has 2 amide bonds. The van der Waals surface area contributed by atoms with E-state index in [-0.39, 0.29) is 6.03 Å². The topological polar surface area (TPSA) is 87.7 Å². The Morgan fingerprint density at radius 2 is 1.83 bits per heavy atom. The van der Waals surface area contributed by atoms with Gasteiger partial charge in [0.2, 0.25) is 10.0 Å². The van der Waals surface area contributed by atoms with Gasteiger partial charge in [-0.25, -0.2) is 13.2 Å². The minimum Gasteiger partial charge on any atom is -0.495 e. The molecule has 1 fully saturated rings. The van der Waals surface area contributed by atoms with E-state index in [1.54, 1.807) is 35.7 Å². The fraction of sp³-hybridized carbons (Fsp3) is 0.409. The Hall–Kier alpha value is -2.58. The standard InChI is InChI=1S/C22H29N3O4S/c1-17-8-9-21(29-2)20(16-17)24-22(26)23-13-10-18-11-14-25(15-12-18)30(27,28)19-6-4-3-5-7-19/h3-9,16,18H,10-15H2,1-2H3,(H2,23,24,26). The molecule has 30 heavy (non-hydrogen) atoms. The number of urea groups is 1. The number of benzene rings is 2. The molecule has 0 aromatic heterocycles. The van der Waals surface area contributed by atoms with Crippen LogP contribution in [-0.2, 0) is 10.0 Å². The van der Waals surface area contributed by atoms with Crippen molar-refractivity contribution in [3.63, 3.8) is 0 Å². The predicted molar refractivity (Wildman–Crippen MR) is 117 cm³/mol. The van der Waals surface area contributed by atoms with Crippen LogP contribution in [0.2, 0.25) is 0 Å². The van der Waals surface area contributed by atoms with Crippen LogP contribution < -0.4 is 15.4 Å². The van der Waals surface area contributed by atoms with Crippen molar-refractivity contribution in [3.8, 4) is 5.75 Å². The highest BCUT2D eigenvalue weighted by Crippen LogP contribution is 2.26. The summed E-state index contributed by atoms with van der Waals surface area (Å²) in [5, 5.41) is 5.70. The third kappa shape index (κ3) is 5.52.